The maximum absolute atomic E-state index is 9.44. The van der Waals surface area contributed by atoms with E-state index in [2.05, 4.69) is 10.3 Å². The predicted octanol–water partition coefficient (Wildman–Crippen LogP) is 0.739. The number of pyridine rings is 1. The summed E-state index contributed by atoms with van der Waals surface area (Å²) in [5.41, 5.74) is 1.11. The van der Waals surface area contributed by atoms with Crippen LogP contribution < -0.4 is 5.32 Å². The summed E-state index contributed by atoms with van der Waals surface area (Å²) in [6, 6.07) is 4.09. The Bertz CT molecular complexity index is 267. The van der Waals surface area contributed by atoms with Crippen molar-refractivity contribution in [1.29, 1.82) is 0 Å². The van der Waals surface area contributed by atoms with E-state index in [9.17, 15) is 5.11 Å². The normalized spacial score (nSPS) is 14.9. The fourth-order valence-electron chi connectivity index (χ4n) is 1.31. The van der Waals surface area contributed by atoms with E-state index in [1.807, 2.05) is 25.3 Å². The van der Waals surface area contributed by atoms with Gasteiger partial charge in [-0.15, -0.1) is 0 Å². The van der Waals surface area contributed by atoms with Gasteiger partial charge in [0.05, 0.1) is 12.7 Å². The van der Waals surface area contributed by atoms with Gasteiger partial charge in [0, 0.05) is 32.1 Å². The molecule has 1 aromatic heterocycles. The van der Waals surface area contributed by atoms with Crippen molar-refractivity contribution in [2.24, 2.45) is 0 Å². The standard InChI is InChI=1S/C11H18N2O2/c1-9(10-4-3-5-12-6-10)13-7-11(14)8-15-2/h3-6,9,11,13-14H,7-8H2,1-2H3/t9-,11?/m1/s1. The lowest BCUT2D eigenvalue weighted by Gasteiger charge is -2.16. The van der Waals surface area contributed by atoms with Crippen LogP contribution in [-0.4, -0.2) is 36.5 Å². The molecule has 0 aliphatic rings. The van der Waals surface area contributed by atoms with Gasteiger partial charge in [0.25, 0.3) is 0 Å². The number of methoxy groups -OCH3 is 1. The highest BCUT2D eigenvalue weighted by Gasteiger charge is 2.07. The zero-order valence-corrected chi connectivity index (χ0v) is 9.18. The van der Waals surface area contributed by atoms with Crippen LogP contribution >= 0.6 is 0 Å². The highest BCUT2D eigenvalue weighted by molar-refractivity contribution is 5.12. The Morgan fingerprint density at radius 1 is 1.60 bits per heavy atom. The number of nitrogens with one attached hydrogen (secondary N) is 1. The SMILES string of the molecule is COCC(O)CN[C@H](C)c1cccnc1. The second-order valence-electron chi connectivity index (χ2n) is 3.53. The molecule has 2 atom stereocenters. The average molecular weight is 210 g/mol. The summed E-state index contributed by atoms with van der Waals surface area (Å²) >= 11 is 0. The molecule has 0 aliphatic carbocycles. The van der Waals surface area contributed by atoms with E-state index in [-0.39, 0.29) is 6.04 Å². The molecule has 4 nitrogen and oxygen atoms in total. The van der Waals surface area contributed by atoms with Gasteiger partial charge in [-0.25, -0.2) is 0 Å². The lowest BCUT2D eigenvalue weighted by Crippen LogP contribution is -2.31. The average Bonchev–Trinajstić information content (AvgIpc) is 2.27. The van der Waals surface area contributed by atoms with Crippen LogP contribution in [0, 0.1) is 0 Å². The molecule has 0 aromatic carbocycles. The van der Waals surface area contributed by atoms with Gasteiger partial charge in [0.2, 0.25) is 0 Å². The minimum Gasteiger partial charge on any atom is -0.389 e. The van der Waals surface area contributed by atoms with Gasteiger partial charge >= 0.3 is 0 Å². The van der Waals surface area contributed by atoms with E-state index in [0.29, 0.717) is 13.2 Å². The van der Waals surface area contributed by atoms with Crippen LogP contribution in [0.4, 0.5) is 0 Å². The number of aromatic nitrogens is 1. The summed E-state index contributed by atoms with van der Waals surface area (Å²) in [7, 11) is 1.58. The number of ether oxygens (including phenoxy) is 1. The van der Waals surface area contributed by atoms with Crippen LogP contribution in [0.1, 0.15) is 18.5 Å². The van der Waals surface area contributed by atoms with Crippen LogP contribution in [-0.2, 0) is 4.74 Å². The summed E-state index contributed by atoms with van der Waals surface area (Å²) in [6.07, 6.45) is 3.10. The van der Waals surface area contributed by atoms with Crippen molar-refractivity contribution in [3.05, 3.63) is 30.1 Å². The van der Waals surface area contributed by atoms with Crippen LogP contribution in [0.15, 0.2) is 24.5 Å². The first kappa shape index (κ1) is 12.1. The first-order valence-corrected chi connectivity index (χ1v) is 5.04. The monoisotopic (exact) mass is 210 g/mol. The summed E-state index contributed by atoms with van der Waals surface area (Å²) < 4.78 is 4.84. The van der Waals surface area contributed by atoms with Crippen molar-refractivity contribution in [2.45, 2.75) is 19.1 Å². The van der Waals surface area contributed by atoms with Crippen molar-refractivity contribution in [3.8, 4) is 0 Å². The minimum atomic E-state index is -0.464. The summed E-state index contributed by atoms with van der Waals surface area (Å²) in [5, 5.41) is 12.7. The van der Waals surface area contributed by atoms with Gasteiger partial charge in [-0.3, -0.25) is 4.98 Å². The molecule has 4 heteroatoms. The molecule has 0 bridgehead atoms. The van der Waals surface area contributed by atoms with E-state index in [0.717, 1.165) is 5.56 Å². The number of rotatable bonds is 6. The quantitative estimate of drug-likeness (QED) is 0.727. The first-order valence-electron chi connectivity index (χ1n) is 5.04. The number of hydrogen-bond acceptors (Lipinski definition) is 4. The second-order valence-corrected chi connectivity index (χ2v) is 3.53. The third-order valence-corrected chi connectivity index (χ3v) is 2.20. The first-order chi connectivity index (χ1) is 7.24. The Balaban J connectivity index is 2.33. The summed E-state index contributed by atoms with van der Waals surface area (Å²) in [6.45, 7) is 2.91. The Labute approximate surface area is 90.3 Å². The second kappa shape index (κ2) is 6.50. The lowest BCUT2D eigenvalue weighted by atomic mass is 10.1. The van der Waals surface area contributed by atoms with Crippen molar-refractivity contribution in [3.63, 3.8) is 0 Å². The third kappa shape index (κ3) is 4.38. The van der Waals surface area contributed by atoms with Crippen LogP contribution in [0.5, 0.6) is 0 Å². The number of aliphatic hydroxyl groups is 1. The van der Waals surface area contributed by atoms with Crippen LogP contribution in [0.25, 0.3) is 0 Å². The molecule has 0 saturated carbocycles. The van der Waals surface area contributed by atoms with E-state index >= 15 is 0 Å². The maximum Gasteiger partial charge on any atom is 0.0897 e. The van der Waals surface area contributed by atoms with Crippen molar-refractivity contribution in [2.75, 3.05) is 20.3 Å². The molecule has 2 N–H and O–H groups in total. The number of nitrogens with zero attached hydrogens (tertiary/aromatic N) is 1. The molecule has 0 saturated heterocycles. The molecule has 1 heterocycles. The molecule has 0 fully saturated rings. The zero-order valence-electron chi connectivity index (χ0n) is 9.18. The molecule has 1 rings (SSSR count). The highest BCUT2D eigenvalue weighted by atomic mass is 16.5. The molecule has 1 aromatic rings. The number of hydrogen-bond donors (Lipinski definition) is 2. The highest BCUT2D eigenvalue weighted by Crippen LogP contribution is 2.09. The van der Waals surface area contributed by atoms with Gasteiger partial charge < -0.3 is 15.2 Å². The topological polar surface area (TPSA) is 54.4 Å². The Morgan fingerprint density at radius 3 is 3.00 bits per heavy atom. The summed E-state index contributed by atoms with van der Waals surface area (Å²) in [4.78, 5) is 4.04. The predicted molar refractivity (Wildman–Crippen MR) is 58.5 cm³/mol. The largest absolute Gasteiger partial charge is 0.389 e. The Kier molecular flexibility index (Phi) is 5.25. The molecule has 15 heavy (non-hydrogen) atoms. The van der Waals surface area contributed by atoms with Crippen LogP contribution in [0.3, 0.4) is 0 Å². The molecule has 0 amide bonds. The minimum absolute atomic E-state index is 0.185. The van der Waals surface area contributed by atoms with Gasteiger partial charge in [0.1, 0.15) is 0 Å². The van der Waals surface area contributed by atoms with E-state index in [1.54, 1.807) is 13.3 Å². The molecule has 84 valence electrons. The molecule has 0 spiro atoms. The van der Waals surface area contributed by atoms with Gasteiger partial charge in [0.15, 0.2) is 0 Å². The maximum atomic E-state index is 9.44. The van der Waals surface area contributed by atoms with Crippen LogP contribution in [0.2, 0.25) is 0 Å². The van der Waals surface area contributed by atoms with Gasteiger partial charge in [-0.05, 0) is 18.6 Å². The van der Waals surface area contributed by atoms with E-state index in [4.69, 9.17) is 4.74 Å². The Morgan fingerprint density at radius 2 is 2.40 bits per heavy atom. The third-order valence-electron chi connectivity index (χ3n) is 2.20. The fourth-order valence-corrected chi connectivity index (χ4v) is 1.31. The summed E-state index contributed by atoms with van der Waals surface area (Å²) in [5.74, 6) is 0. The van der Waals surface area contributed by atoms with E-state index < -0.39 is 6.10 Å². The van der Waals surface area contributed by atoms with Gasteiger partial charge in [-0.1, -0.05) is 6.07 Å². The molecule has 0 aliphatic heterocycles. The van der Waals surface area contributed by atoms with Crippen molar-refractivity contribution in [1.82, 2.24) is 10.3 Å². The molecule has 0 radical (unpaired) electrons. The fraction of sp³-hybridized carbons (Fsp3) is 0.545. The van der Waals surface area contributed by atoms with E-state index in [1.165, 1.54) is 0 Å². The zero-order chi connectivity index (χ0) is 11.1. The molecule has 1 unspecified atom stereocenters. The molecular formula is C11H18N2O2. The lowest BCUT2D eigenvalue weighted by molar-refractivity contribution is 0.0630. The smallest absolute Gasteiger partial charge is 0.0897 e. The van der Waals surface area contributed by atoms with Gasteiger partial charge in [-0.2, -0.15) is 0 Å². The van der Waals surface area contributed by atoms with Crippen molar-refractivity contribution >= 4 is 0 Å². The molecular weight excluding hydrogens is 192 g/mol. The Hall–Kier alpha value is -0.970. The number of aliphatic hydroxyl groups excluding tert-OH is 1. The van der Waals surface area contributed by atoms with Crippen molar-refractivity contribution < 1.29 is 9.84 Å².